The van der Waals surface area contributed by atoms with Gasteiger partial charge in [0.15, 0.2) is 0 Å². The Morgan fingerprint density at radius 1 is 1.33 bits per heavy atom. The molecule has 0 aromatic carbocycles. The van der Waals surface area contributed by atoms with Crippen LogP contribution in [0.15, 0.2) is 12.7 Å². The summed E-state index contributed by atoms with van der Waals surface area (Å²) in [5.74, 6) is 0.389. The summed E-state index contributed by atoms with van der Waals surface area (Å²) in [4.78, 5) is 25.4. The van der Waals surface area contributed by atoms with Gasteiger partial charge in [0.25, 0.3) is 0 Å². The molecule has 6 nitrogen and oxygen atoms in total. The highest BCUT2D eigenvalue weighted by atomic mass is 16.2. The van der Waals surface area contributed by atoms with Gasteiger partial charge in [0.2, 0.25) is 5.91 Å². The molecule has 2 saturated heterocycles. The number of carbonyl (C=O) groups is 2. The largest absolute Gasteiger partial charge is 0.334 e. The number of urea groups is 1. The van der Waals surface area contributed by atoms with E-state index in [0.717, 1.165) is 26.1 Å². The Bertz CT molecular complexity index is 380. The molecule has 0 bridgehead atoms. The fourth-order valence-electron chi connectivity index (χ4n) is 3.26. The molecule has 0 aliphatic carbocycles. The summed E-state index contributed by atoms with van der Waals surface area (Å²) in [7, 11) is 0. The highest BCUT2D eigenvalue weighted by molar-refractivity contribution is 5.95. The van der Waals surface area contributed by atoms with Gasteiger partial charge in [-0.3, -0.25) is 15.0 Å². The first-order chi connectivity index (χ1) is 10.2. The third-order valence-corrected chi connectivity index (χ3v) is 4.24. The first kappa shape index (κ1) is 16.0. The molecule has 0 saturated carbocycles. The number of nitrogens with zero attached hydrogens (tertiary/aromatic N) is 1. The van der Waals surface area contributed by atoms with Crippen LogP contribution in [0.2, 0.25) is 0 Å². The van der Waals surface area contributed by atoms with Gasteiger partial charge in [0.1, 0.15) is 0 Å². The molecule has 0 spiro atoms. The molecule has 0 aromatic heterocycles. The van der Waals surface area contributed by atoms with Crippen LogP contribution in [0.1, 0.15) is 25.7 Å². The maximum atomic E-state index is 11.9. The molecule has 0 radical (unpaired) electrons. The Labute approximate surface area is 126 Å². The van der Waals surface area contributed by atoms with Crippen LogP contribution in [0.25, 0.3) is 0 Å². The molecule has 2 unspecified atom stereocenters. The SMILES string of the molecule is C=CCNC(=O)NC(=O)CN1CCCC(C2CCCN2)C1. The zero-order valence-corrected chi connectivity index (χ0v) is 12.6. The van der Waals surface area contributed by atoms with Crippen molar-refractivity contribution < 1.29 is 9.59 Å². The Morgan fingerprint density at radius 3 is 2.90 bits per heavy atom. The number of rotatable bonds is 5. The number of amides is 3. The van der Waals surface area contributed by atoms with Crippen molar-refractivity contribution in [2.45, 2.75) is 31.7 Å². The van der Waals surface area contributed by atoms with Crippen LogP contribution in [0.4, 0.5) is 4.79 Å². The van der Waals surface area contributed by atoms with E-state index in [2.05, 4.69) is 27.4 Å². The summed E-state index contributed by atoms with van der Waals surface area (Å²) >= 11 is 0. The predicted octanol–water partition coefficient (Wildman–Crippen LogP) is 0.462. The van der Waals surface area contributed by atoms with E-state index in [0.29, 0.717) is 25.0 Å². The van der Waals surface area contributed by atoms with Gasteiger partial charge in [-0.1, -0.05) is 6.08 Å². The van der Waals surface area contributed by atoms with E-state index < -0.39 is 6.03 Å². The normalized spacial score (nSPS) is 26.3. The lowest BCUT2D eigenvalue weighted by molar-refractivity contribution is -0.121. The molecule has 3 amide bonds. The maximum absolute atomic E-state index is 11.9. The second-order valence-corrected chi connectivity index (χ2v) is 5.89. The summed E-state index contributed by atoms with van der Waals surface area (Å²) < 4.78 is 0. The summed E-state index contributed by atoms with van der Waals surface area (Å²) in [6, 6.07) is 0.151. The Morgan fingerprint density at radius 2 is 2.19 bits per heavy atom. The average Bonchev–Trinajstić information content (AvgIpc) is 2.99. The van der Waals surface area contributed by atoms with Crippen LogP contribution in [0.3, 0.4) is 0 Å². The fraction of sp³-hybridized carbons (Fsp3) is 0.733. The molecule has 0 aromatic rings. The molecule has 2 atom stereocenters. The smallest absolute Gasteiger partial charge is 0.321 e. The maximum Gasteiger partial charge on any atom is 0.321 e. The topological polar surface area (TPSA) is 73.5 Å². The summed E-state index contributed by atoms with van der Waals surface area (Å²) in [6.07, 6.45) is 6.43. The third-order valence-electron chi connectivity index (χ3n) is 4.24. The van der Waals surface area contributed by atoms with Gasteiger partial charge in [-0.15, -0.1) is 6.58 Å². The highest BCUT2D eigenvalue weighted by Gasteiger charge is 2.29. The van der Waals surface area contributed by atoms with E-state index in [-0.39, 0.29) is 5.91 Å². The van der Waals surface area contributed by atoms with Crippen molar-refractivity contribution in [1.29, 1.82) is 0 Å². The van der Waals surface area contributed by atoms with Gasteiger partial charge in [0.05, 0.1) is 6.54 Å². The van der Waals surface area contributed by atoms with Gasteiger partial charge < -0.3 is 10.6 Å². The minimum absolute atomic E-state index is 0.239. The molecule has 21 heavy (non-hydrogen) atoms. The number of imide groups is 1. The Hall–Kier alpha value is -1.40. The zero-order valence-electron chi connectivity index (χ0n) is 12.6. The minimum Gasteiger partial charge on any atom is -0.334 e. The quantitative estimate of drug-likeness (QED) is 0.644. The lowest BCUT2D eigenvalue weighted by Gasteiger charge is -2.35. The lowest BCUT2D eigenvalue weighted by atomic mass is 9.90. The standard InChI is InChI=1S/C15H26N4O2/c1-2-7-17-15(21)18-14(20)11-19-9-4-5-12(10-19)13-6-3-8-16-13/h2,12-13,16H,1,3-11H2,(H2,17,18,20,21). The Balaban J connectivity index is 1.72. The van der Waals surface area contributed by atoms with Crippen LogP contribution in [0.5, 0.6) is 0 Å². The molecule has 2 aliphatic heterocycles. The second kappa shape index (κ2) is 8.14. The van der Waals surface area contributed by atoms with E-state index in [1.54, 1.807) is 6.08 Å². The van der Waals surface area contributed by atoms with E-state index in [1.807, 2.05) is 0 Å². The molecule has 2 aliphatic rings. The first-order valence-electron chi connectivity index (χ1n) is 7.83. The van der Waals surface area contributed by atoms with Crippen molar-refractivity contribution in [2.75, 3.05) is 32.7 Å². The minimum atomic E-state index is -0.453. The molecule has 118 valence electrons. The average molecular weight is 294 g/mol. The van der Waals surface area contributed by atoms with Gasteiger partial charge in [0, 0.05) is 19.1 Å². The first-order valence-corrected chi connectivity index (χ1v) is 7.83. The number of carbonyl (C=O) groups excluding carboxylic acids is 2. The van der Waals surface area contributed by atoms with Crippen molar-refractivity contribution in [2.24, 2.45) is 5.92 Å². The molecular formula is C15H26N4O2. The zero-order chi connectivity index (χ0) is 15.1. The van der Waals surface area contributed by atoms with Gasteiger partial charge in [-0.05, 0) is 44.7 Å². The van der Waals surface area contributed by atoms with Crippen LogP contribution in [-0.2, 0) is 4.79 Å². The van der Waals surface area contributed by atoms with Crippen molar-refractivity contribution in [1.82, 2.24) is 20.9 Å². The molecule has 2 fully saturated rings. The monoisotopic (exact) mass is 294 g/mol. The predicted molar refractivity (Wildman–Crippen MR) is 81.9 cm³/mol. The summed E-state index contributed by atoms with van der Waals surface area (Å²) in [5.41, 5.74) is 0. The van der Waals surface area contributed by atoms with E-state index in [9.17, 15) is 9.59 Å². The van der Waals surface area contributed by atoms with E-state index in [1.165, 1.54) is 19.3 Å². The van der Waals surface area contributed by atoms with Crippen LogP contribution in [0, 0.1) is 5.92 Å². The van der Waals surface area contributed by atoms with Crippen molar-refractivity contribution in [3.8, 4) is 0 Å². The number of likely N-dealkylation sites (tertiary alicyclic amines) is 1. The van der Waals surface area contributed by atoms with Crippen LogP contribution < -0.4 is 16.0 Å². The number of nitrogens with one attached hydrogen (secondary N) is 3. The molecule has 2 heterocycles. The number of piperidine rings is 1. The number of hydrogen-bond donors (Lipinski definition) is 3. The molecule has 6 heteroatoms. The summed E-state index contributed by atoms with van der Waals surface area (Å²) in [6.45, 7) is 7.16. The molecular weight excluding hydrogens is 268 g/mol. The second-order valence-electron chi connectivity index (χ2n) is 5.89. The van der Waals surface area contributed by atoms with E-state index >= 15 is 0 Å². The summed E-state index contributed by atoms with van der Waals surface area (Å²) in [5, 5.41) is 8.44. The van der Waals surface area contributed by atoms with Gasteiger partial charge in [-0.2, -0.15) is 0 Å². The van der Waals surface area contributed by atoms with Crippen LogP contribution >= 0.6 is 0 Å². The van der Waals surface area contributed by atoms with Crippen molar-refractivity contribution in [3.63, 3.8) is 0 Å². The van der Waals surface area contributed by atoms with Crippen LogP contribution in [-0.4, -0.2) is 55.6 Å². The lowest BCUT2D eigenvalue weighted by Crippen LogP contribution is -2.49. The third kappa shape index (κ3) is 5.13. The molecule has 3 N–H and O–H groups in total. The fourth-order valence-corrected chi connectivity index (χ4v) is 3.26. The highest BCUT2D eigenvalue weighted by Crippen LogP contribution is 2.24. The van der Waals surface area contributed by atoms with Crippen molar-refractivity contribution in [3.05, 3.63) is 12.7 Å². The molecule has 2 rings (SSSR count). The number of hydrogen-bond acceptors (Lipinski definition) is 4. The van der Waals surface area contributed by atoms with Crippen molar-refractivity contribution >= 4 is 11.9 Å². The van der Waals surface area contributed by atoms with Gasteiger partial charge in [-0.25, -0.2) is 4.79 Å². The van der Waals surface area contributed by atoms with E-state index in [4.69, 9.17) is 0 Å². The Kier molecular flexibility index (Phi) is 6.20. The van der Waals surface area contributed by atoms with Gasteiger partial charge >= 0.3 is 6.03 Å².